The van der Waals surface area contributed by atoms with E-state index in [0.717, 1.165) is 11.1 Å². The normalized spacial score (nSPS) is 11.8. The number of aryl methyl sites for hydroxylation is 2. The van der Waals surface area contributed by atoms with Gasteiger partial charge in [0.05, 0.1) is 12.1 Å². The van der Waals surface area contributed by atoms with Gasteiger partial charge in [-0.25, -0.2) is 4.98 Å². The standard InChI is InChI=1S/C19H27N3O2/c1-13-9-7-8-10-15(13)18-21-16(14(2)24-18)11-17(23)20-12-19(3,4)22(5)6/h7-10H,11-12H2,1-6H3,(H,20,23). The fourth-order valence-electron chi connectivity index (χ4n) is 2.21. The van der Waals surface area contributed by atoms with Gasteiger partial charge in [0.2, 0.25) is 11.8 Å². The largest absolute Gasteiger partial charge is 0.441 e. The average molecular weight is 329 g/mol. The highest BCUT2D eigenvalue weighted by atomic mass is 16.4. The third-order valence-corrected chi connectivity index (χ3v) is 4.52. The molecule has 0 saturated heterocycles. The highest BCUT2D eigenvalue weighted by molar-refractivity contribution is 5.78. The van der Waals surface area contributed by atoms with E-state index in [1.54, 1.807) is 0 Å². The van der Waals surface area contributed by atoms with Gasteiger partial charge in [0.25, 0.3) is 0 Å². The lowest BCUT2D eigenvalue weighted by Crippen LogP contribution is -2.48. The smallest absolute Gasteiger partial charge is 0.226 e. The molecule has 0 aliphatic rings. The van der Waals surface area contributed by atoms with E-state index in [1.165, 1.54) is 0 Å². The van der Waals surface area contributed by atoms with E-state index in [1.807, 2.05) is 52.2 Å². The van der Waals surface area contributed by atoms with Gasteiger partial charge in [0.15, 0.2) is 0 Å². The number of benzene rings is 1. The molecule has 5 heteroatoms. The molecule has 0 atom stereocenters. The lowest BCUT2D eigenvalue weighted by molar-refractivity contribution is -0.121. The van der Waals surface area contributed by atoms with E-state index < -0.39 is 0 Å². The van der Waals surface area contributed by atoms with Crippen LogP contribution >= 0.6 is 0 Å². The molecule has 0 bridgehead atoms. The molecule has 1 aromatic carbocycles. The van der Waals surface area contributed by atoms with Crippen molar-refractivity contribution in [3.05, 3.63) is 41.3 Å². The van der Waals surface area contributed by atoms with Crippen LogP contribution in [0.3, 0.4) is 0 Å². The van der Waals surface area contributed by atoms with Crippen LogP contribution in [0.25, 0.3) is 11.5 Å². The average Bonchev–Trinajstić information content (AvgIpc) is 2.86. The molecule has 130 valence electrons. The third-order valence-electron chi connectivity index (χ3n) is 4.52. The van der Waals surface area contributed by atoms with E-state index in [-0.39, 0.29) is 17.9 Å². The maximum atomic E-state index is 12.2. The van der Waals surface area contributed by atoms with Crippen LogP contribution in [0.4, 0.5) is 0 Å². The molecular weight excluding hydrogens is 302 g/mol. The molecule has 0 spiro atoms. The van der Waals surface area contributed by atoms with Crippen molar-refractivity contribution in [1.29, 1.82) is 0 Å². The number of nitrogens with zero attached hydrogens (tertiary/aromatic N) is 2. The Labute approximate surface area is 144 Å². The van der Waals surface area contributed by atoms with Crippen LogP contribution in [0.15, 0.2) is 28.7 Å². The van der Waals surface area contributed by atoms with E-state index >= 15 is 0 Å². The molecule has 0 aliphatic carbocycles. The molecule has 0 saturated carbocycles. The summed E-state index contributed by atoms with van der Waals surface area (Å²) in [4.78, 5) is 18.8. The van der Waals surface area contributed by atoms with Gasteiger partial charge >= 0.3 is 0 Å². The zero-order valence-corrected chi connectivity index (χ0v) is 15.4. The number of rotatable bonds is 6. The van der Waals surface area contributed by atoms with Gasteiger partial charge in [-0.1, -0.05) is 18.2 Å². The highest BCUT2D eigenvalue weighted by Gasteiger charge is 2.22. The SMILES string of the molecule is Cc1ccccc1-c1nc(CC(=O)NCC(C)(C)N(C)C)c(C)o1. The number of nitrogens with one attached hydrogen (secondary N) is 1. The van der Waals surface area contributed by atoms with Gasteiger partial charge in [-0.15, -0.1) is 0 Å². The predicted molar refractivity (Wildman–Crippen MR) is 95.9 cm³/mol. The van der Waals surface area contributed by atoms with Gasteiger partial charge < -0.3 is 14.6 Å². The van der Waals surface area contributed by atoms with E-state index in [2.05, 4.69) is 29.0 Å². The second-order valence-electron chi connectivity index (χ2n) is 7.00. The minimum atomic E-state index is -0.0964. The van der Waals surface area contributed by atoms with Crippen LogP contribution in [0.1, 0.15) is 30.9 Å². The maximum Gasteiger partial charge on any atom is 0.226 e. The Kier molecular flexibility index (Phi) is 5.44. The van der Waals surface area contributed by atoms with E-state index in [9.17, 15) is 4.79 Å². The summed E-state index contributed by atoms with van der Waals surface area (Å²) in [6.45, 7) is 8.63. The Bertz CT molecular complexity index is 717. The minimum Gasteiger partial charge on any atom is -0.441 e. The molecule has 1 N–H and O–H groups in total. The molecule has 1 heterocycles. The number of carbonyl (C=O) groups is 1. The second-order valence-corrected chi connectivity index (χ2v) is 7.00. The van der Waals surface area contributed by atoms with Crippen molar-refractivity contribution in [2.45, 2.75) is 39.7 Å². The minimum absolute atomic E-state index is 0.0438. The molecule has 2 rings (SSSR count). The van der Waals surface area contributed by atoms with E-state index in [4.69, 9.17) is 4.42 Å². The topological polar surface area (TPSA) is 58.4 Å². The number of likely N-dealkylation sites (N-methyl/N-ethyl adjacent to an activating group) is 1. The first-order valence-electron chi connectivity index (χ1n) is 8.17. The van der Waals surface area contributed by atoms with Crippen LogP contribution in [0.5, 0.6) is 0 Å². The summed E-state index contributed by atoms with van der Waals surface area (Å²) in [6, 6.07) is 7.93. The van der Waals surface area contributed by atoms with Gasteiger partial charge in [-0.05, 0) is 53.4 Å². The second kappa shape index (κ2) is 7.18. The lowest BCUT2D eigenvalue weighted by atomic mass is 10.0. The van der Waals surface area contributed by atoms with Gasteiger partial charge in [-0.3, -0.25) is 4.79 Å². The molecule has 0 unspecified atom stereocenters. The van der Waals surface area contributed by atoms with Crippen molar-refractivity contribution >= 4 is 5.91 Å². The Morgan fingerprint density at radius 3 is 2.54 bits per heavy atom. The molecule has 2 aromatic rings. The van der Waals surface area contributed by atoms with Crippen LogP contribution in [0, 0.1) is 13.8 Å². The number of oxazole rings is 1. The van der Waals surface area contributed by atoms with Crippen molar-refractivity contribution < 1.29 is 9.21 Å². The monoisotopic (exact) mass is 329 g/mol. The summed E-state index contributed by atoms with van der Waals surface area (Å²) in [5.74, 6) is 1.22. The number of amides is 1. The molecular formula is C19H27N3O2. The Hall–Kier alpha value is -2.14. The van der Waals surface area contributed by atoms with Crippen molar-refractivity contribution in [1.82, 2.24) is 15.2 Å². The summed E-state index contributed by atoms with van der Waals surface area (Å²) in [7, 11) is 4.00. The van der Waals surface area contributed by atoms with Gasteiger partial charge in [-0.2, -0.15) is 0 Å². The Morgan fingerprint density at radius 2 is 1.92 bits per heavy atom. The quantitative estimate of drug-likeness (QED) is 0.885. The van der Waals surface area contributed by atoms with Crippen molar-refractivity contribution in [2.75, 3.05) is 20.6 Å². The van der Waals surface area contributed by atoms with Crippen molar-refractivity contribution in [3.63, 3.8) is 0 Å². The van der Waals surface area contributed by atoms with Gasteiger partial charge in [0, 0.05) is 17.6 Å². The fraction of sp³-hybridized carbons (Fsp3) is 0.474. The maximum absolute atomic E-state index is 12.2. The number of hydrogen-bond acceptors (Lipinski definition) is 4. The summed E-state index contributed by atoms with van der Waals surface area (Å²) in [6.07, 6.45) is 0.227. The van der Waals surface area contributed by atoms with Crippen LogP contribution in [0.2, 0.25) is 0 Å². The summed E-state index contributed by atoms with van der Waals surface area (Å²) < 4.78 is 5.77. The van der Waals surface area contributed by atoms with Crippen LogP contribution in [-0.2, 0) is 11.2 Å². The Morgan fingerprint density at radius 1 is 1.25 bits per heavy atom. The first-order chi connectivity index (χ1) is 11.2. The lowest BCUT2D eigenvalue weighted by Gasteiger charge is -2.32. The summed E-state index contributed by atoms with van der Waals surface area (Å²) in [5.41, 5.74) is 2.65. The van der Waals surface area contributed by atoms with Crippen molar-refractivity contribution in [2.24, 2.45) is 0 Å². The molecule has 5 nitrogen and oxygen atoms in total. The summed E-state index contributed by atoms with van der Waals surface area (Å²) in [5, 5.41) is 2.98. The van der Waals surface area contributed by atoms with Crippen molar-refractivity contribution in [3.8, 4) is 11.5 Å². The van der Waals surface area contributed by atoms with Crippen LogP contribution < -0.4 is 5.32 Å². The summed E-state index contributed by atoms with van der Waals surface area (Å²) >= 11 is 0. The third kappa shape index (κ3) is 4.23. The predicted octanol–water partition coefficient (Wildman–Crippen LogP) is 2.96. The van der Waals surface area contributed by atoms with Gasteiger partial charge in [0.1, 0.15) is 5.76 Å². The zero-order valence-electron chi connectivity index (χ0n) is 15.4. The van der Waals surface area contributed by atoms with E-state index in [0.29, 0.717) is 23.9 Å². The number of hydrogen-bond donors (Lipinski definition) is 1. The highest BCUT2D eigenvalue weighted by Crippen LogP contribution is 2.24. The molecule has 1 aromatic heterocycles. The number of aromatic nitrogens is 1. The molecule has 1 amide bonds. The first-order valence-corrected chi connectivity index (χ1v) is 8.17. The molecule has 24 heavy (non-hydrogen) atoms. The number of carbonyl (C=O) groups excluding carboxylic acids is 1. The zero-order chi connectivity index (χ0) is 17.9. The molecule has 0 aliphatic heterocycles. The first kappa shape index (κ1) is 18.2. The van der Waals surface area contributed by atoms with Crippen LogP contribution in [-0.4, -0.2) is 42.0 Å². The Balaban J connectivity index is 2.06. The molecule has 0 radical (unpaired) electrons. The molecule has 0 fully saturated rings. The fourth-order valence-corrected chi connectivity index (χ4v) is 2.21.